The molecule has 0 spiro atoms. The van der Waals surface area contributed by atoms with E-state index >= 15 is 0 Å². The molecule has 2 fully saturated rings. The van der Waals surface area contributed by atoms with Crippen LogP contribution in [0.1, 0.15) is 51.4 Å². The molecule has 0 atom stereocenters. The first-order valence-electron chi connectivity index (χ1n) is 10.5. The quantitative estimate of drug-likeness (QED) is 0.378. The lowest BCUT2D eigenvalue weighted by Gasteiger charge is -2.40. The average Bonchev–Trinajstić information content (AvgIpc) is 2.75. The van der Waals surface area contributed by atoms with Crippen molar-refractivity contribution < 1.29 is 14.5 Å². The number of amides is 1. The maximum Gasteiger partial charge on any atom is 0.269 e. The third kappa shape index (κ3) is 6.47. The number of carbonyl (C=O) groups excluding carboxylic acids is 1. The Kier molecular flexibility index (Phi) is 7.94. The Labute approximate surface area is 177 Å². The number of likely N-dealkylation sites (tertiary alicyclic amines) is 2. The number of nitrogens with zero attached hydrogens (tertiary/aromatic N) is 3. The summed E-state index contributed by atoms with van der Waals surface area (Å²) in [6.45, 7) is 4.13. The normalized spacial score (nSPS) is 18.4. The highest BCUT2D eigenvalue weighted by Gasteiger charge is 2.27. The number of benzene rings is 1. The van der Waals surface area contributed by atoms with Crippen LogP contribution in [-0.2, 0) is 4.79 Å². The van der Waals surface area contributed by atoms with Crippen molar-refractivity contribution in [2.75, 3.05) is 26.2 Å². The van der Waals surface area contributed by atoms with E-state index in [-0.39, 0.29) is 11.6 Å². The first-order chi connectivity index (χ1) is 14.0. The highest BCUT2D eigenvalue weighted by molar-refractivity contribution is 7.80. The molecule has 1 amide bonds. The molecule has 0 N–H and O–H groups in total. The summed E-state index contributed by atoms with van der Waals surface area (Å²) in [5.41, 5.74) is 0.0120. The van der Waals surface area contributed by atoms with Gasteiger partial charge in [0, 0.05) is 44.1 Å². The van der Waals surface area contributed by atoms with Crippen molar-refractivity contribution in [3.63, 3.8) is 0 Å². The summed E-state index contributed by atoms with van der Waals surface area (Å²) < 4.78 is 5.54. The zero-order chi connectivity index (χ0) is 20.6. The van der Waals surface area contributed by atoms with Gasteiger partial charge in [0.05, 0.1) is 4.92 Å². The van der Waals surface area contributed by atoms with Crippen LogP contribution in [0.25, 0.3) is 0 Å². The van der Waals surface area contributed by atoms with Gasteiger partial charge in [0.1, 0.15) is 5.75 Å². The molecule has 29 heavy (non-hydrogen) atoms. The monoisotopic (exact) mass is 419 g/mol. The average molecular weight is 420 g/mol. The second kappa shape index (κ2) is 10.6. The first-order valence-corrected chi connectivity index (χ1v) is 10.9. The van der Waals surface area contributed by atoms with Crippen LogP contribution in [0.4, 0.5) is 5.69 Å². The number of nitro groups is 1. The van der Waals surface area contributed by atoms with Crippen molar-refractivity contribution in [2.24, 2.45) is 0 Å². The number of hydrogen-bond acceptors (Lipinski definition) is 6. The summed E-state index contributed by atoms with van der Waals surface area (Å²) in [6.07, 6.45) is 7.75. The van der Waals surface area contributed by atoms with Crippen LogP contribution in [0.3, 0.4) is 0 Å². The number of carbonyl (C=O) groups is 1. The number of thiocarbonyl (C=S) groups is 1. The zero-order valence-corrected chi connectivity index (χ0v) is 17.6. The second-order valence-electron chi connectivity index (χ2n) is 7.79. The number of rotatable bonds is 7. The number of piperidine rings is 2. The molecule has 0 radical (unpaired) electrons. The van der Waals surface area contributed by atoms with E-state index < -0.39 is 4.92 Å². The smallest absolute Gasteiger partial charge is 0.269 e. The van der Waals surface area contributed by atoms with Crippen molar-refractivity contribution in [1.29, 1.82) is 0 Å². The minimum Gasteiger partial charge on any atom is -0.450 e. The fraction of sp³-hybridized carbons (Fsp3) is 0.619. The second-order valence-corrected chi connectivity index (χ2v) is 8.24. The Morgan fingerprint density at radius 1 is 1.07 bits per heavy atom. The Morgan fingerprint density at radius 2 is 1.72 bits per heavy atom. The molecule has 2 aliphatic heterocycles. The molecule has 0 saturated carbocycles. The molecule has 0 aromatic heterocycles. The van der Waals surface area contributed by atoms with Gasteiger partial charge in [0.15, 0.2) is 5.05 Å². The van der Waals surface area contributed by atoms with Crippen LogP contribution in [0.2, 0.25) is 0 Å². The highest BCUT2D eigenvalue weighted by atomic mass is 32.1. The third-order valence-electron chi connectivity index (χ3n) is 5.78. The lowest BCUT2D eigenvalue weighted by molar-refractivity contribution is -0.384. The minimum absolute atomic E-state index is 0.0120. The molecule has 0 unspecified atom stereocenters. The van der Waals surface area contributed by atoms with E-state index in [1.54, 1.807) is 0 Å². The molecule has 0 bridgehead atoms. The molecule has 2 saturated heterocycles. The minimum atomic E-state index is -0.455. The lowest BCUT2D eigenvalue weighted by Crippen LogP contribution is -2.48. The van der Waals surface area contributed by atoms with E-state index in [2.05, 4.69) is 4.90 Å². The number of non-ortho nitro benzene ring substituents is 1. The van der Waals surface area contributed by atoms with Crippen LogP contribution < -0.4 is 4.74 Å². The summed E-state index contributed by atoms with van der Waals surface area (Å²) in [5, 5.41) is 11.1. The molecule has 1 aromatic carbocycles. The molecular weight excluding hydrogens is 390 g/mol. The Balaban J connectivity index is 1.33. The Hall–Kier alpha value is -2.06. The van der Waals surface area contributed by atoms with Crippen LogP contribution in [-0.4, -0.2) is 57.9 Å². The van der Waals surface area contributed by atoms with Gasteiger partial charge in [-0.2, -0.15) is 0 Å². The van der Waals surface area contributed by atoms with Gasteiger partial charge in [0.2, 0.25) is 5.91 Å². The summed E-state index contributed by atoms with van der Waals surface area (Å²) in [7, 11) is 0. The lowest BCUT2D eigenvalue weighted by atomic mass is 9.99. The van der Waals surface area contributed by atoms with E-state index in [4.69, 9.17) is 17.0 Å². The van der Waals surface area contributed by atoms with Gasteiger partial charge in [-0.05, 0) is 69.5 Å². The number of hydrogen-bond donors (Lipinski definition) is 0. The standard InChI is InChI=1S/C21H29N3O4S/c25-20(23-15-11-17(12-16-23)22-13-2-1-3-14-22)5-4-6-21(29)28-19-9-7-18(8-10-19)24(26)27/h7-10,17H,1-6,11-16H2. The molecule has 2 heterocycles. The van der Waals surface area contributed by atoms with E-state index in [1.807, 2.05) is 4.90 Å². The van der Waals surface area contributed by atoms with Gasteiger partial charge in [-0.3, -0.25) is 14.9 Å². The molecule has 158 valence electrons. The van der Waals surface area contributed by atoms with Crippen molar-refractivity contribution >= 4 is 28.9 Å². The van der Waals surface area contributed by atoms with Crippen LogP contribution in [0, 0.1) is 10.1 Å². The molecular formula is C21H29N3O4S. The summed E-state index contributed by atoms with van der Waals surface area (Å²) in [5.74, 6) is 0.673. The van der Waals surface area contributed by atoms with Crippen LogP contribution in [0.15, 0.2) is 24.3 Å². The zero-order valence-electron chi connectivity index (χ0n) is 16.8. The fourth-order valence-corrected chi connectivity index (χ4v) is 4.36. The van der Waals surface area contributed by atoms with Gasteiger partial charge in [-0.25, -0.2) is 0 Å². The number of nitro benzene ring substituents is 1. The molecule has 1 aromatic rings. The van der Waals surface area contributed by atoms with Crippen molar-refractivity contribution in [3.05, 3.63) is 34.4 Å². The van der Waals surface area contributed by atoms with Crippen molar-refractivity contribution in [2.45, 2.75) is 57.4 Å². The predicted octanol–water partition coefficient (Wildman–Crippen LogP) is 3.95. The van der Waals surface area contributed by atoms with E-state index in [0.717, 1.165) is 25.9 Å². The van der Waals surface area contributed by atoms with Crippen molar-refractivity contribution in [1.82, 2.24) is 9.80 Å². The third-order valence-corrected chi connectivity index (χ3v) is 6.06. The molecule has 8 heteroatoms. The topological polar surface area (TPSA) is 75.9 Å². The van der Waals surface area contributed by atoms with Gasteiger partial charge >= 0.3 is 0 Å². The highest BCUT2D eigenvalue weighted by Crippen LogP contribution is 2.22. The predicted molar refractivity (Wildman–Crippen MR) is 115 cm³/mol. The molecule has 3 rings (SSSR count). The largest absolute Gasteiger partial charge is 0.450 e. The summed E-state index contributed by atoms with van der Waals surface area (Å²) in [6, 6.07) is 6.47. The van der Waals surface area contributed by atoms with Crippen LogP contribution >= 0.6 is 12.2 Å². The Morgan fingerprint density at radius 3 is 2.34 bits per heavy atom. The van der Waals surface area contributed by atoms with Gasteiger partial charge in [-0.15, -0.1) is 0 Å². The van der Waals surface area contributed by atoms with E-state index in [1.165, 1.54) is 56.6 Å². The summed E-state index contributed by atoms with van der Waals surface area (Å²) >= 11 is 5.23. The Bertz CT molecular complexity index is 711. The van der Waals surface area contributed by atoms with Gasteiger partial charge < -0.3 is 14.5 Å². The van der Waals surface area contributed by atoms with Crippen LogP contribution in [0.5, 0.6) is 5.75 Å². The van der Waals surface area contributed by atoms with E-state index in [0.29, 0.717) is 36.1 Å². The van der Waals surface area contributed by atoms with Crippen molar-refractivity contribution in [3.8, 4) is 5.75 Å². The number of ether oxygens (including phenoxy) is 1. The molecule has 7 nitrogen and oxygen atoms in total. The SMILES string of the molecule is O=C(CCCC(=S)Oc1ccc([N+](=O)[O-])cc1)N1CCC(N2CCCCC2)CC1. The van der Waals surface area contributed by atoms with E-state index in [9.17, 15) is 14.9 Å². The summed E-state index contributed by atoms with van der Waals surface area (Å²) in [4.78, 5) is 27.3. The maximum atomic E-state index is 12.5. The fourth-order valence-electron chi connectivity index (χ4n) is 4.12. The van der Waals surface area contributed by atoms with Gasteiger partial charge in [0.25, 0.3) is 5.69 Å². The molecule has 2 aliphatic rings. The van der Waals surface area contributed by atoms with Gasteiger partial charge in [-0.1, -0.05) is 6.42 Å². The first kappa shape index (κ1) is 21.6. The molecule has 0 aliphatic carbocycles. The maximum absolute atomic E-state index is 12.5.